The van der Waals surface area contributed by atoms with Crippen molar-refractivity contribution >= 4 is 17.5 Å². The maximum absolute atomic E-state index is 12.3. The van der Waals surface area contributed by atoms with Crippen LogP contribution in [0.5, 0.6) is 0 Å². The van der Waals surface area contributed by atoms with Gasteiger partial charge in [0.05, 0.1) is 0 Å². The van der Waals surface area contributed by atoms with Crippen molar-refractivity contribution in [2.75, 3.05) is 38.6 Å². The van der Waals surface area contributed by atoms with E-state index in [1.165, 1.54) is 12.8 Å². The van der Waals surface area contributed by atoms with Crippen molar-refractivity contribution in [1.29, 1.82) is 0 Å². The van der Waals surface area contributed by atoms with Gasteiger partial charge in [-0.2, -0.15) is 0 Å². The zero-order chi connectivity index (χ0) is 12.1. The van der Waals surface area contributed by atoms with Gasteiger partial charge in [-0.1, -0.05) is 12.8 Å². The van der Waals surface area contributed by atoms with Gasteiger partial charge in [0.25, 0.3) is 0 Å². The molecule has 1 amide bonds. The summed E-state index contributed by atoms with van der Waals surface area (Å²) in [5.74, 6) is 1.43. The highest BCUT2D eigenvalue weighted by molar-refractivity contribution is 6.18. The third-order valence-corrected chi connectivity index (χ3v) is 4.17. The van der Waals surface area contributed by atoms with Crippen LogP contribution in [0.1, 0.15) is 32.1 Å². The molecule has 0 aromatic rings. The number of amides is 1. The van der Waals surface area contributed by atoms with Crippen molar-refractivity contribution in [3.05, 3.63) is 0 Å². The Kier molecular flexibility index (Phi) is 5.11. The monoisotopic (exact) mass is 258 g/mol. The van der Waals surface area contributed by atoms with Gasteiger partial charge in [-0.3, -0.25) is 4.79 Å². The van der Waals surface area contributed by atoms with E-state index in [1.807, 2.05) is 0 Å². The molecule has 2 rings (SSSR count). The molecule has 1 aliphatic heterocycles. The zero-order valence-corrected chi connectivity index (χ0v) is 11.3. The molecule has 1 saturated heterocycles. The molecule has 98 valence electrons. The molecule has 3 nitrogen and oxygen atoms in total. The number of carbonyl (C=O) groups excluding carboxylic acids is 1. The van der Waals surface area contributed by atoms with Gasteiger partial charge in [-0.15, -0.1) is 11.6 Å². The second-order valence-electron chi connectivity index (χ2n) is 5.19. The Morgan fingerprint density at radius 2 is 1.82 bits per heavy atom. The van der Waals surface area contributed by atoms with Crippen molar-refractivity contribution in [2.24, 2.45) is 5.92 Å². The average molecular weight is 259 g/mol. The minimum Gasteiger partial charge on any atom is -0.341 e. The molecule has 0 N–H and O–H groups in total. The van der Waals surface area contributed by atoms with Crippen LogP contribution in [-0.2, 0) is 4.79 Å². The lowest BCUT2D eigenvalue weighted by atomic mass is 10.1. The molecule has 0 radical (unpaired) electrons. The van der Waals surface area contributed by atoms with Crippen LogP contribution in [0.3, 0.4) is 0 Å². The first-order chi connectivity index (χ1) is 8.31. The van der Waals surface area contributed by atoms with Crippen molar-refractivity contribution < 1.29 is 4.79 Å². The Morgan fingerprint density at radius 3 is 2.53 bits per heavy atom. The van der Waals surface area contributed by atoms with Gasteiger partial charge in [0.1, 0.15) is 0 Å². The molecule has 2 aliphatic rings. The topological polar surface area (TPSA) is 23.6 Å². The first kappa shape index (κ1) is 13.2. The molecule has 17 heavy (non-hydrogen) atoms. The first-order valence-electron chi connectivity index (χ1n) is 6.88. The Hall–Kier alpha value is -0.280. The molecule has 0 spiro atoms. The van der Waals surface area contributed by atoms with E-state index in [1.54, 1.807) is 0 Å². The van der Waals surface area contributed by atoms with Gasteiger partial charge in [-0.25, -0.2) is 0 Å². The first-order valence-corrected chi connectivity index (χ1v) is 7.42. The number of hydrogen-bond acceptors (Lipinski definition) is 2. The van der Waals surface area contributed by atoms with Gasteiger partial charge in [0.15, 0.2) is 0 Å². The van der Waals surface area contributed by atoms with E-state index in [4.69, 9.17) is 11.6 Å². The van der Waals surface area contributed by atoms with Gasteiger partial charge in [0.2, 0.25) is 5.91 Å². The van der Waals surface area contributed by atoms with Crippen LogP contribution in [0.4, 0.5) is 0 Å². The minimum absolute atomic E-state index is 0.328. The third kappa shape index (κ3) is 3.59. The molecule has 0 atom stereocenters. The normalized spacial score (nSPS) is 23.9. The summed E-state index contributed by atoms with van der Waals surface area (Å²) in [5.41, 5.74) is 0. The van der Waals surface area contributed by atoms with Crippen LogP contribution in [0.2, 0.25) is 0 Å². The average Bonchev–Trinajstić information content (AvgIpc) is 2.76. The van der Waals surface area contributed by atoms with Crippen LogP contribution in [0.25, 0.3) is 0 Å². The Balaban J connectivity index is 1.83. The molecule has 1 aliphatic carbocycles. The number of halogens is 1. The Bertz CT molecular complexity index is 254. The fraction of sp³-hybridized carbons (Fsp3) is 0.923. The van der Waals surface area contributed by atoms with E-state index in [9.17, 15) is 4.79 Å². The summed E-state index contributed by atoms with van der Waals surface area (Å²) < 4.78 is 0. The molecule has 0 aromatic heterocycles. The fourth-order valence-corrected chi connectivity index (χ4v) is 3.20. The van der Waals surface area contributed by atoms with Crippen LogP contribution in [0.15, 0.2) is 0 Å². The molecule has 1 heterocycles. The number of alkyl halides is 1. The SMILES string of the molecule is O=C(C1CCCC1)N1CCCN(CCCl)CC1. The van der Waals surface area contributed by atoms with E-state index in [2.05, 4.69) is 9.80 Å². The van der Waals surface area contributed by atoms with Crippen molar-refractivity contribution in [2.45, 2.75) is 32.1 Å². The summed E-state index contributed by atoms with van der Waals surface area (Å²) in [5, 5.41) is 0. The van der Waals surface area contributed by atoms with Crippen LogP contribution in [-0.4, -0.2) is 54.3 Å². The largest absolute Gasteiger partial charge is 0.341 e. The third-order valence-electron chi connectivity index (χ3n) is 4.01. The van der Waals surface area contributed by atoms with E-state index in [-0.39, 0.29) is 0 Å². The zero-order valence-electron chi connectivity index (χ0n) is 10.5. The summed E-state index contributed by atoms with van der Waals surface area (Å²) in [6.45, 7) is 4.86. The van der Waals surface area contributed by atoms with Crippen molar-refractivity contribution in [1.82, 2.24) is 9.80 Å². The standard InChI is InChI=1S/C13H23ClN2O/c14-6-9-15-7-3-8-16(11-10-15)13(17)12-4-1-2-5-12/h12H,1-11H2. The lowest BCUT2D eigenvalue weighted by Gasteiger charge is -2.24. The summed E-state index contributed by atoms with van der Waals surface area (Å²) >= 11 is 5.77. The van der Waals surface area contributed by atoms with E-state index in [0.717, 1.165) is 52.0 Å². The molecule has 4 heteroatoms. The molecular formula is C13H23ClN2O. The maximum atomic E-state index is 12.3. The van der Waals surface area contributed by atoms with Gasteiger partial charge in [-0.05, 0) is 25.8 Å². The Morgan fingerprint density at radius 1 is 1.06 bits per heavy atom. The number of rotatable bonds is 3. The Labute approximate surface area is 109 Å². The molecule has 0 aromatic carbocycles. The van der Waals surface area contributed by atoms with E-state index >= 15 is 0 Å². The second-order valence-corrected chi connectivity index (χ2v) is 5.57. The lowest BCUT2D eigenvalue weighted by molar-refractivity contribution is -0.135. The minimum atomic E-state index is 0.328. The molecule has 0 bridgehead atoms. The maximum Gasteiger partial charge on any atom is 0.225 e. The quantitative estimate of drug-likeness (QED) is 0.723. The number of carbonyl (C=O) groups is 1. The van der Waals surface area contributed by atoms with Crippen LogP contribution in [0, 0.1) is 5.92 Å². The predicted molar refractivity (Wildman–Crippen MR) is 70.3 cm³/mol. The van der Waals surface area contributed by atoms with Crippen LogP contribution >= 0.6 is 11.6 Å². The number of nitrogens with zero attached hydrogens (tertiary/aromatic N) is 2. The molecular weight excluding hydrogens is 236 g/mol. The number of hydrogen-bond donors (Lipinski definition) is 0. The summed E-state index contributed by atoms with van der Waals surface area (Å²) in [6.07, 6.45) is 5.79. The van der Waals surface area contributed by atoms with Gasteiger partial charge < -0.3 is 9.80 Å². The van der Waals surface area contributed by atoms with E-state index in [0.29, 0.717) is 17.7 Å². The second kappa shape index (κ2) is 6.60. The van der Waals surface area contributed by atoms with E-state index < -0.39 is 0 Å². The lowest BCUT2D eigenvalue weighted by Crippen LogP contribution is -2.38. The summed E-state index contributed by atoms with van der Waals surface area (Å²) in [6, 6.07) is 0. The van der Waals surface area contributed by atoms with Gasteiger partial charge in [0, 0.05) is 38.0 Å². The van der Waals surface area contributed by atoms with Crippen molar-refractivity contribution in [3.8, 4) is 0 Å². The molecule has 0 unspecified atom stereocenters. The van der Waals surface area contributed by atoms with Crippen LogP contribution < -0.4 is 0 Å². The predicted octanol–water partition coefficient (Wildman–Crippen LogP) is 1.95. The fourth-order valence-electron chi connectivity index (χ4n) is 2.97. The molecule has 1 saturated carbocycles. The van der Waals surface area contributed by atoms with Crippen molar-refractivity contribution in [3.63, 3.8) is 0 Å². The highest BCUT2D eigenvalue weighted by atomic mass is 35.5. The smallest absolute Gasteiger partial charge is 0.225 e. The van der Waals surface area contributed by atoms with Gasteiger partial charge >= 0.3 is 0 Å². The summed E-state index contributed by atoms with van der Waals surface area (Å²) in [4.78, 5) is 16.8. The highest BCUT2D eigenvalue weighted by Gasteiger charge is 2.28. The summed E-state index contributed by atoms with van der Waals surface area (Å²) in [7, 11) is 0. The molecule has 2 fully saturated rings. The highest BCUT2D eigenvalue weighted by Crippen LogP contribution is 2.26.